The summed E-state index contributed by atoms with van der Waals surface area (Å²) in [6.45, 7) is 3.01. The molecule has 6 nitrogen and oxygen atoms in total. The molecule has 0 radical (unpaired) electrons. The van der Waals surface area contributed by atoms with Gasteiger partial charge < -0.3 is 20.1 Å². The van der Waals surface area contributed by atoms with Gasteiger partial charge in [0, 0.05) is 18.7 Å². The van der Waals surface area contributed by atoms with E-state index in [1.807, 2.05) is 36.4 Å². The zero-order valence-corrected chi connectivity index (χ0v) is 21.3. The molecule has 1 saturated carbocycles. The van der Waals surface area contributed by atoms with Gasteiger partial charge in [-0.25, -0.2) is 4.39 Å². The number of aliphatic hydroxyl groups is 1. The third-order valence-electron chi connectivity index (χ3n) is 7.55. The van der Waals surface area contributed by atoms with Crippen molar-refractivity contribution in [3.05, 3.63) is 89.2 Å². The van der Waals surface area contributed by atoms with E-state index >= 15 is 0 Å². The van der Waals surface area contributed by atoms with Crippen LogP contribution in [0.1, 0.15) is 42.1 Å². The van der Waals surface area contributed by atoms with Crippen molar-refractivity contribution in [3.8, 4) is 16.9 Å². The maximum atomic E-state index is 13.5. The summed E-state index contributed by atoms with van der Waals surface area (Å²) < 4.78 is 19.2. The molecule has 6 rings (SSSR count). The van der Waals surface area contributed by atoms with Crippen LogP contribution in [-0.4, -0.2) is 60.0 Å². The number of hydrogen-bond donors (Lipinski definition) is 2. The van der Waals surface area contributed by atoms with Gasteiger partial charge in [-0.2, -0.15) is 0 Å². The van der Waals surface area contributed by atoms with E-state index in [0.717, 1.165) is 72.3 Å². The van der Waals surface area contributed by atoms with Gasteiger partial charge in [-0.1, -0.05) is 42.5 Å². The molecule has 0 bridgehead atoms. The minimum atomic E-state index is -0.862. The summed E-state index contributed by atoms with van der Waals surface area (Å²) in [6.07, 6.45) is 3.50. The third kappa shape index (κ3) is 5.49. The number of hydrogen-bond acceptors (Lipinski definition) is 5. The number of nitrogens with one attached hydrogen (secondary N) is 1. The van der Waals surface area contributed by atoms with Gasteiger partial charge in [-0.15, -0.1) is 0 Å². The molecular weight excluding hydrogens is 481 g/mol. The highest BCUT2D eigenvalue weighted by Crippen LogP contribution is 2.29. The zero-order valence-electron chi connectivity index (χ0n) is 21.3. The largest absolute Gasteiger partial charge is 0.490 e. The topological polar surface area (TPSA) is 74.2 Å². The molecule has 2 N–H and O–H groups in total. The summed E-state index contributed by atoms with van der Waals surface area (Å²) in [7, 11) is 0. The Balaban J connectivity index is 1.19. The van der Waals surface area contributed by atoms with Gasteiger partial charge in [-0.05, 0) is 85.3 Å². The highest BCUT2D eigenvalue weighted by molar-refractivity contribution is 6.46. The minimum Gasteiger partial charge on any atom is -0.490 e. The first kappa shape index (κ1) is 24.8. The maximum Gasteiger partial charge on any atom is 0.270 e. The second-order valence-corrected chi connectivity index (χ2v) is 10.4. The molecule has 2 aliphatic heterocycles. The summed E-state index contributed by atoms with van der Waals surface area (Å²) in [6, 6.07) is 19.4. The number of nitrogens with zero attached hydrogens (tertiary/aromatic N) is 2. The summed E-state index contributed by atoms with van der Waals surface area (Å²) in [5, 5.41) is 14.4. The number of rotatable bonds is 9. The van der Waals surface area contributed by atoms with Crippen LogP contribution < -0.4 is 10.1 Å². The Kier molecular flexibility index (Phi) is 6.96. The molecule has 3 aliphatic rings. The van der Waals surface area contributed by atoms with Crippen molar-refractivity contribution in [2.45, 2.75) is 43.9 Å². The van der Waals surface area contributed by atoms with E-state index < -0.39 is 12.1 Å². The molecule has 0 aromatic heterocycles. The summed E-state index contributed by atoms with van der Waals surface area (Å²) in [4.78, 5) is 20.3. The number of aliphatic hydroxyl groups excluding tert-OH is 1. The number of benzene rings is 3. The van der Waals surface area contributed by atoms with E-state index in [1.54, 1.807) is 12.1 Å². The molecule has 2 heterocycles. The lowest BCUT2D eigenvalue weighted by atomic mass is 9.92. The van der Waals surface area contributed by atoms with Crippen molar-refractivity contribution in [3.63, 3.8) is 0 Å². The Labute approximate surface area is 222 Å². The first-order valence-corrected chi connectivity index (χ1v) is 13.4. The Bertz CT molecular complexity index is 1330. The quantitative estimate of drug-likeness (QED) is 0.448. The number of fused-ring (bicyclic) bond motifs is 1. The number of halogens is 1. The highest BCUT2D eigenvalue weighted by Gasteiger charge is 2.30. The first-order valence-electron chi connectivity index (χ1n) is 13.4. The van der Waals surface area contributed by atoms with Crippen molar-refractivity contribution in [2.75, 3.05) is 26.2 Å². The van der Waals surface area contributed by atoms with Gasteiger partial charge in [0.1, 0.15) is 23.4 Å². The number of ether oxygens (including phenoxy) is 1. The molecule has 1 saturated heterocycles. The van der Waals surface area contributed by atoms with Crippen LogP contribution in [0.5, 0.6) is 5.75 Å². The molecule has 3 aromatic rings. The molecule has 2 unspecified atom stereocenters. The van der Waals surface area contributed by atoms with Crippen LogP contribution in [0.3, 0.4) is 0 Å². The number of likely N-dealkylation sites (tertiary alicyclic amines) is 1. The second-order valence-electron chi connectivity index (χ2n) is 10.4. The number of aliphatic imine (C=N–C) groups is 1. The fraction of sp³-hybridized carbons (Fsp3) is 0.355. The van der Waals surface area contributed by atoms with E-state index in [9.17, 15) is 14.3 Å². The van der Waals surface area contributed by atoms with Crippen molar-refractivity contribution in [1.82, 2.24) is 10.2 Å². The van der Waals surface area contributed by atoms with Crippen LogP contribution in [0.2, 0.25) is 0 Å². The third-order valence-corrected chi connectivity index (χ3v) is 7.55. The fourth-order valence-electron chi connectivity index (χ4n) is 5.08. The Hall–Kier alpha value is -3.55. The lowest BCUT2D eigenvalue weighted by Gasteiger charge is -2.36. The lowest BCUT2D eigenvalue weighted by Crippen LogP contribution is -2.52. The molecule has 3 aromatic carbocycles. The number of carbonyl (C=O) groups is 1. The van der Waals surface area contributed by atoms with E-state index in [-0.39, 0.29) is 11.7 Å². The molecule has 0 spiro atoms. The normalized spacial score (nSPS) is 18.5. The lowest BCUT2D eigenvalue weighted by molar-refractivity contribution is -0.116. The summed E-state index contributed by atoms with van der Waals surface area (Å²) in [5.41, 5.74) is 4.89. The highest BCUT2D eigenvalue weighted by atomic mass is 19.1. The molecule has 2 atom stereocenters. The van der Waals surface area contributed by atoms with Gasteiger partial charge in [0.2, 0.25) is 0 Å². The Morgan fingerprint density at radius 3 is 2.47 bits per heavy atom. The number of carbonyl (C=O) groups excluding carboxylic acids is 1. The average Bonchev–Trinajstić information content (AvgIpc) is 3.73. The SMILES string of the molecule is O=C(NC(CN1CCC1)C(O)c1ccc(OC2CC2)cc1)C1=NCCc2cc(-c3ccc(F)cc3)ccc21. The molecule has 1 aliphatic carbocycles. The standard InChI is InChI=1S/C31H32FN3O3/c32-24-7-2-20(3-8-24)22-6-13-27-23(18-22)14-15-33-29(27)31(37)34-28(19-35-16-1-17-35)30(36)21-4-9-25(10-5-21)38-26-11-12-26/h2-10,13,18,26,28,30,36H,1,11-12,14-17,19H2,(H,34,37). The van der Waals surface area contributed by atoms with Crippen LogP contribution in [-0.2, 0) is 11.2 Å². The Morgan fingerprint density at radius 2 is 1.79 bits per heavy atom. The van der Waals surface area contributed by atoms with Crippen molar-refractivity contribution in [2.24, 2.45) is 4.99 Å². The van der Waals surface area contributed by atoms with Crippen LogP contribution in [0.25, 0.3) is 11.1 Å². The first-order chi connectivity index (χ1) is 18.5. The smallest absolute Gasteiger partial charge is 0.270 e. The van der Waals surface area contributed by atoms with Crippen LogP contribution in [0, 0.1) is 5.82 Å². The zero-order chi connectivity index (χ0) is 26.1. The van der Waals surface area contributed by atoms with Gasteiger partial charge in [-0.3, -0.25) is 9.79 Å². The summed E-state index contributed by atoms with van der Waals surface area (Å²) >= 11 is 0. The van der Waals surface area contributed by atoms with Gasteiger partial charge >= 0.3 is 0 Å². The predicted molar refractivity (Wildman–Crippen MR) is 145 cm³/mol. The predicted octanol–water partition coefficient (Wildman–Crippen LogP) is 4.30. The molecular formula is C31H32FN3O3. The second kappa shape index (κ2) is 10.7. The minimum absolute atomic E-state index is 0.268. The summed E-state index contributed by atoms with van der Waals surface area (Å²) in [5.74, 6) is 0.258. The van der Waals surface area contributed by atoms with Crippen LogP contribution >= 0.6 is 0 Å². The van der Waals surface area contributed by atoms with Gasteiger partial charge in [0.15, 0.2) is 0 Å². The maximum absolute atomic E-state index is 13.5. The van der Waals surface area contributed by atoms with E-state index in [2.05, 4.69) is 21.3 Å². The van der Waals surface area contributed by atoms with Gasteiger partial charge in [0.25, 0.3) is 5.91 Å². The molecule has 7 heteroatoms. The Morgan fingerprint density at radius 1 is 1.05 bits per heavy atom. The monoisotopic (exact) mass is 513 g/mol. The van der Waals surface area contributed by atoms with Crippen molar-refractivity contribution in [1.29, 1.82) is 0 Å². The molecule has 196 valence electrons. The van der Waals surface area contributed by atoms with E-state index in [4.69, 9.17) is 4.74 Å². The van der Waals surface area contributed by atoms with Gasteiger partial charge in [0.05, 0.1) is 12.1 Å². The van der Waals surface area contributed by atoms with Crippen molar-refractivity contribution < 1.29 is 19.0 Å². The van der Waals surface area contributed by atoms with Crippen molar-refractivity contribution >= 4 is 11.6 Å². The molecule has 2 fully saturated rings. The van der Waals surface area contributed by atoms with Crippen LogP contribution in [0.4, 0.5) is 4.39 Å². The van der Waals surface area contributed by atoms with E-state index in [0.29, 0.717) is 24.9 Å². The molecule has 1 amide bonds. The average molecular weight is 514 g/mol. The molecule has 38 heavy (non-hydrogen) atoms. The number of amides is 1. The van der Waals surface area contributed by atoms with E-state index in [1.165, 1.54) is 12.1 Å². The van der Waals surface area contributed by atoms with Crippen LogP contribution in [0.15, 0.2) is 71.7 Å². The fourth-order valence-corrected chi connectivity index (χ4v) is 5.08.